The number of carbonyl (C=O) groups excluding carboxylic acids is 4. The predicted molar refractivity (Wildman–Crippen MR) is 97.4 cm³/mol. The summed E-state index contributed by atoms with van der Waals surface area (Å²) in [7, 11) is 0. The molecular weight excluding hydrogens is 350 g/mol. The highest BCUT2D eigenvalue weighted by atomic mass is 16.5. The van der Waals surface area contributed by atoms with Gasteiger partial charge in [-0.05, 0) is 26.3 Å². The summed E-state index contributed by atoms with van der Waals surface area (Å²) in [6, 6.07) is 8.62. The number of carbonyl (C=O) groups is 4. The first-order valence-corrected chi connectivity index (χ1v) is 8.89. The highest BCUT2D eigenvalue weighted by Gasteiger charge is 2.38. The first kappa shape index (κ1) is 20.4. The third-order valence-electron chi connectivity index (χ3n) is 4.26. The summed E-state index contributed by atoms with van der Waals surface area (Å²) < 4.78 is 4.97. The van der Waals surface area contributed by atoms with E-state index in [4.69, 9.17) is 4.74 Å². The Hall–Kier alpha value is -2.90. The normalized spacial score (nSPS) is 17.6. The Kier molecular flexibility index (Phi) is 6.92. The van der Waals surface area contributed by atoms with Crippen LogP contribution in [0.2, 0.25) is 0 Å². The molecule has 0 aliphatic carbocycles. The van der Waals surface area contributed by atoms with E-state index >= 15 is 0 Å². The Bertz CT molecular complexity index is 705. The van der Waals surface area contributed by atoms with E-state index in [-0.39, 0.29) is 31.0 Å². The zero-order valence-corrected chi connectivity index (χ0v) is 15.7. The van der Waals surface area contributed by atoms with Gasteiger partial charge in [0.1, 0.15) is 0 Å². The zero-order chi connectivity index (χ0) is 20.0. The second-order valence-electron chi connectivity index (χ2n) is 6.82. The lowest BCUT2D eigenvalue weighted by atomic mass is 10.1. The lowest BCUT2D eigenvalue weighted by Crippen LogP contribution is -2.44. The maximum absolute atomic E-state index is 12.3. The number of likely N-dealkylation sites (tertiary alicyclic amines) is 1. The van der Waals surface area contributed by atoms with Gasteiger partial charge < -0.3 is 15.0 Å². The van der Waals surface area contributed by atoms with Crippen molar-refractivity contribution in [1.29, 1.82) is 0 Å². The van der Waals surface area contributed by atoms with Crippen LogP contribution >= 0.6 is 0 Å². The Morgan fingerprint density at radius 2 is 1.85 bits per heavy atom. The highest BCUT2D eigenvalue weighted by molar-refractivity contribution is 5.96. The van der Waals surface area contributed by atoms with Gasteiger partial charge in [0.2, 0.25) is 5.91 Å². The van der Waals surface area contributed by atoms with Crippen molar-refractivity contribution in [2.75, 3.05) is 13.2 Å². The van der Waals surface area contributed by atoms with Crippen molar-refractivity contribution in [3.8, 4) is 0 Å². The van der Waals surface area contributed by atoms with Gasteiger partial charge in [-0.25, -0.2) is 4.79 Å². The molecule has 1 aromatic carbocycles. The van der Waals surface area contributed by atoms with Gasteiger partial charge >= 0.3 is 12.0 Å². The lowest BCUT2D eigenvalue weighted by molar-refractivity contribution is -0.152. The summed E-state index contributed by atoms with van der Waals surface area (Å²) in [5.41, 5.74) is 0.982. The molecule has 0 saturated carbocycles. The van der Waals surface area contributed by atoms with Crippen molar-refractivity contribution in [2.45, 2.75) is 39.3 Å². The molecule has 0 radical (unpaired) electrons. The quantitative estimate of drug-likeness (QED) is 0.731. The van der Waals surface area contributed by atoms with E-state index in [2.05, 4.69) is 10.6 Å². The first-order chi connectivity index (χ1) is 12.8. The molecule has 1 aliphatic rings. The van der Waals surface area contributed by atoms with Crippen LogP contribution in [-0.4, -0.2) is 47.9 Å². The van der Waals surface area contributed by atoms with Crippen molar-refractivity contribution in [2.24, 2.45) is 5.92 Å². The van der Waals surface area contributed by atoms with Crippen molar-refractivity contribution >= 4 is 23.8 Å². The average molecular weight is 375 g/mol. The smallest absolute Gasteiger partial charge is 0.321 e. The summed E-state index contributed by atoms with van der Waals surface area (Å²) in [5, 5.41) is 4.56. The molecule has 0 unspecified atom stereocenters. The van der Waals surface area contributed by atoms with Crippen LogP contribution in [0.25, 0.3) is 0 Å². The molecule has 1 aliphatic heterocycles. The third-order valence-corrected chi connectivity index (χ3v) is 4.26. The van der Waals surface area contributed by atoms with E-state index in [9.17, 15) is 19.2 Å². The molecule has 1 saturated heterocycles. The standard InChI is InChI=1S/C19H25N3O5/c1-12(2)20-19(26)21-16(23)11-27-18(25)15-9-17(24)22(10-15)13(3)14-7-5-4-6-8-14/h4-8,12-13,15H,9-11H2,1-3H3,(H2,20,21,23,26)/t13-,15+/m0/s1. The summed E-state index contributed by atoms with van der Waals surface area (Å²) >= 11 is 0. The maximum Gasteiger partial charge on any atom is 0.321 e. The van der Waals surface area contributed by atoms with Gasteiger partial charge in [0.25, 0.3) is 5.91 Å². The minimum Gasteiger partial charge on any atom is -0.455 e. The SMILES string of the molecule is CC(C)NC(=O)NC(=O)COC(=O)[C@@H]1CC(=O)N([C@@H](C)c2ccccc2)C1. The van der Waals surface area contributed by atoms with Crippen molar-refractivity contribution in [3.63, 3.8) is 0 Å². The summed E-state index contributed by atoms with van der Waals surface area (Å²) in [6.45, 7) is 5.08. The number of hydrogen-bond donors (Lipinski definition) is 2. The van der Waals surface area contributed by atoms with E-state index in [1.54, 1.807) is 18.7 Å². The fourth-order valence-corrected chi connectivity index (χ4v) is 2.89. The van der Waals surface area contributed by atoms with Gasteiger partial charge in [-0.1, -0.05) is 30.3 Å². The number of imide groups is 1. The van der Waals surface area contributed by atoms with Crippen LogP contribution in [-0.2, 0) is 19.1 Å². The summed E-state index contributed by atoms with van der Waals surface area (Å²) in [6.07, 6.45) is 0.0471. The van der Waals surface area contributed by atoms with Crippen LogP contribution in [0.15, 0.2) is 30.3 Å². The van der Waals surface area contributed by atoms with E-state index in [1.807, 2.05) is 37.3 Å². The van der Waals surface area contributed by atoms with Crippen molar-refractivity contribution in [1.82, 2.24) is 15.5 Å². The molecule has 2 rings (SSSR count). The molecule has 8 nitrogen and oxygen atoms in total. The Morgan fingerprint density at radius 1 is 1.19 bits per heavy atom. The fraction of sp³-hybridized carbons (Fsp3) is 0.474. The van der Waals surface area contributed by atoms with Crippen LogP contribution in [0.1, 0.15) is 38.8 Å². The van der Waals surface area contributed by atoms with Crippen molar-refractivity contribution < 1.29 is 23.9 Å². The Balaban J connectivity index is 1.83. The van der Waals surface area contributed by atoms with Crippen LogP contribution in [0.5, 0.6) is 0 Å². The molecule has 146 valence electrons. The largest absolute Gasteiger partial charge is 0.455 e. The summed E-state index contributed by atoms with van der Waals surface area (Å²) in [5.74, 6) is -2.10. The number of amides is 4. The number of urea groups is 1. The number of nitrogens with one attached hydrogen (secondary N) is 2. The minimum atomic E-state index is -0.722. The van der Waals surface area contributed by atoms with Crippen LogP contribution < -0.4 is 10.6 Å². The molecule has 1 aromatic rings. The molecule has 2 atom stereocenters. The van der Waals surface area contributed by atoms with E-state index in [0.717, 1.165) is 5.56 Å². The number of esters is 1. The molecule has 0 aromatic heterocycles. The van der Waals surface area contributed by atoms with Crippen LogP contribution in [0.3, 0.4) is 0 Å². The second-order valence-corrected chi connectivity index (χ2v) is 6.82. The van der Waals surface area contributed by atoms with E-state index in [1.165, 1.54) is 0 Å². The van der Waals surface area contributed by atoms with E-state index < -0.39 is 30.4 Å². The molecular formula is C19H25N3O5. The van der Waals surface area contributed by atoms with Crippen molar-refractivity contribution in [3.05, 3.63) is 35.9 Å². The molecule has 8 heteroatoms. The number of hydrogen-bond acceptors (Lipinski definition) is 5. The zero-order valence-electron chi connectivity index (χ0n) is 15.7. The first-order valence-electron chi connectivity index (χ1n) is 8.89. The average Bonchev–Trinajstić information content (AvgIpc) is 3.00. The lowest BCUT2D eigenvalue weighted by Gasteiger charge is -2.25. The summed E-state index contributed by atoms with van der Waals surface area (Å²) in [4.78, 5) is 49.2. The van der Waals surface area contributed by atoms with Gasteiger partial charge in [0.15, 0.2) is 6.61 Å². The third kappa shape index (κ3) is 5.80. The molecule has 27 heavy (non-hydrogen) atoms. The molecule has 0 spiro atoms. The highest BCUT2D eigenvalue weighted by Crippen LogP contribution is 2.28. The fourth-order valence-electron chi connectivity index (χ4n) is 2.89. The topological polar surface area (TPSA) is 105 Å². The predicted octanol–water partition coefficient (Wildman–Crippen LogP) is 1.37. The number of ether oxygens (including phenoxy) is 1. The molecule has 2 N–H and O–H groups in total. The molecule has 4 amide bonds. The molecule has 1 heterocycles. The van der Waals surface area contributed by atoms with Gasteiger partial charge in [-0.2, -0.15) is 0 Å². The number of benzene rings is 1. The maximum atomic E-state index is 12.3. The number of rotatable bonds is 6. The van der Waals surface area contributed by atoms with Gasteiger partial charge in [-0.15, -0.1) is 0 Å². The Labute approximate surface area is 158 Å². The van der Waals surface area contributed by atoms with Crippen LogP contribution in [0, 0.1) is 5.92 Å². The van der Waals surface area contributed by atoms with Gasteiger partial charge in [0, 0.05) is 19.0 Å². The van der Waals surface area contributed by atoms with Crippen LogP contribution in [0.4, 0.5) is 4.79 Å². The van der Waals surface area contributed by atoms with E-state index in [0.29, 0.717) is 0 Å². The second kappa shape index (κ2) is 9.16. The monoisotopic (exact) mass is 375 g/mol. The molecule has 0 bridgehead atoms. The molecule has 1 fully saturated rings. The van der Waals surface area contributed by atoms with Gasteiger partial charge in [0.05, 0.1) is 12.0 Å². The minimum absolute atomic E-state index is 0.0471. The Morgan fingerprint density at radius 3 is 2.48 bits per heavy atom. The van der Waals surface area contributed by atoms with Gasteiger partial charge in [-0.3, -0.25) is 19.7 Å². The number of nitrogens with zero attached hydrogens (tertiary/aromatic N) is 1.